The quantitative estimate of drug-likeness (QED) is 0.870. The SMILES string of the molecule is CCC(N)Cc1ccc(N(C)Cc2cccc(C)c2)cc1. The molecule has 2 N–H and O–H groups in total. The number of benzene rings is 2. The third kappa shape index (κ3) is 4.61. The van der Waals surface area contributed by atoms with E-state index in [0.29, 0.717) is 0 Å². The van der Waals surface area contributed by atoms with E-state index in [1.165, 1.54) is 22.4 Å². The molecule has 2 rings (SSSR count). The highest BCUT2D eigenvalue weighted by Gasteiger charge is 2.05. The highest BCUT2D eigenvalue weighted by atomic mass is 15.1. The van der Waals surface area contributed by atoms with Crippen molar-refractivity contribution in [1.82, 2.24) is 0 Å². The molecule has 0 spiro atoms. The second-order valence-electron chi connectivity index (χ2n) is 5.88. The maximum Gasteiger partial charge on any atom is 0.0426 e. The van der Waals surface area contributed by atoms with Crippen LogP contribution < -0.4 is 10.6 Å². The zero-order valence-corrected chi connectivity index (χ0v) is 13.3. The predicted octanol–water partition coefficient (Wildman–Crippen LogP) is 3.91. The van der Waals surface area contributed by atoms with Gasteiger partial charge in [-0.15, -0.1) is 0 Å². The van der Waals surface area contributed by atoms with Gasteiger partial charge in [-0.3, -0.25) is 0 Å². The molecule has 0 aliphatic rings. The van der Waals surface area contributed by atoms with Crippen LogP contribution in [0, 0.1) is 6.92 Å². The van der Waals surface area contributed by atoms with Crippen molar-refractivity contribution in [2.75, 3.05) is 11.9 Å². The van der Waals surface area contributed by atoms with Gasteiger partial charge in [0, 0.05) is 25.3 Å². The molecular formula is C19H26N2. The van der Waals surface area contributed by atoms with Gasteiger partial charge in [0.15, 0.2) is 0 Å². The molecular weight excluding hydrogens is 256 g/mol. The molecule has 0 bridgehead atoms. The van der Waals surface area contributed by atoms with Crippen LogP contribution >= 0.6 is 0 Å². The summed E-state index contributed by atoms with van der Waals surface area (Å²) in [5.74, 6) is 0. The topological polar surface area (TPSA) is 29.3 Å². The maximum absolute atomic E-state index is 6.01. The average Bonchev–Trinajstić information content (AvgIpc) is 2.47. The number of hydrogen-bond donors (Lipinski definition) is 1. The molecule has 112 valence electrons. The molecule has 0 aromatic heterocycles. The summed E-state index contributed by atoms with van der Waals surface area (Å²) in [5, 5.41) is 0. The summed E-state index contributed by atoms with van der Waals surface area (Å²) >= 11 is 0. The lowest BCUT2D eigenvalue weighted by Crippen LogP contribution is -2.21. The third-order valence-corrected chi connectivity index (χ3v) is 3.90. The van der Waals surface area contributed by atoms with Gasteiger partial charge in [-0.1, -0.05) is 48.9 Å². The van der Waals surface area contributed by atoms with Crippen LogP contribution in [0.4, 0.5) is 5.69 Å². The molecule has 0 fully saturated rings. The summed E-state index contributed by atoms with van der Waals surface area (Å²) in [7, 11) is 2.13. The largest absolute Gasteiger partial charge is 0.370 e. The van der Waals surface area contributed by atoms with Crippen LogP contribution in [-0.2, 0) is 13.0 Å². The zero-order valence-electron chi connectivity index (χ0n) is 13.3. The van der Waals surface area contributed by atoms with Crippen molar-refractivity contribution in [2.45, 2.75) is 39.3 Å². The molecule has 2 heteroatoms. The van der Waals surface area contributed by atoms with Crippen LogP contribution in [0.25, 0.3) is 0 Å². The minimum absolute atomic E-state index is 0.265. The number of nitrogens with two attached hydrogens (primary N) is 1. The van der Waals surface area contributed by atoms with Gasteiger partial charge in [0.1, 0.15) is 0 Å². The number of nitrogens with zero attached hydrogens (tertiary/aromatic N) is 1. The molecule has 21 heavy (non-hydrogen) atoms. The van der Waals surface area contributed by atoms with Crippen molar-refractivity contribution in [3.63, 3.8) is 0 Å². The fraction of sp³-hybridized carbons (Fsp3) is 0.368. The Morgan fingerprint density at radius 3 is 2.38 bits per heavy atom. The van der Waals surface area contributed by atoms with Crippen LogP contribution in [0.5, 0.6) is 0 Å². The van der Waals surface area contributed by atoms with Gasteiger partial charge in [0.2, 0.25) is 0 Å². The smallest absolute Gasteiger partial charge is 0.0426 e. The van der Waals surface area contributed by atoms with Crippen molar-refractivity contribution in [2.24, 2.45) is 5.73 Å². The lowest BCUT2D eigenvalue weighted by molar-refractivity contribution is 0.646. The van der Waals surface area contributed by atoms with E-state index in [2.05, 4.69) is 74.3 Å². The van der Waals surface area contributed by atoms with E-state index in [-0.39, 0.29) is 6.04 Å². The Balaban J connectivity index is 2.01. The van der Waals surface area contributed by atoms with E-state index in [1.54, 1.807) is 0 Å². The fourth-order valence-corrected chi connectivity index (χ4v) is 2.51. The Morgan fingerprint density at radius 2 is 1.76 bits per heavy atom. The van der Waals surface area contributed by atoms with Crippen molar-refractivity contribution in [1.29, 1.82) is 0 Å². The van der Waals surface area contributed by atoms with Crippen molar-refractivity contribution in [3.05, 3.63) is 65.2 Å². The summed E-state index contributed by atoms with van der Waals surface area (Å²) in [6.45, 7) is 5.19. The second kappa shape index (κ2) is 7.28. The Hall–Kier alpha value is -1.80. The normalized spacial score (nSPS) is 12.2. The van der Waals surface area contributed by atoms with E-state index in [1.807, 2.05) is 0 Å². The molecule has 0 saturated heterocycles. The van der Waals surface area contributed by atoms with E-state index in [9.17, 15) is 0 Å². The van der Waals surface area contributed by atoms with E-state index >= 15 is 0 Å². The number of aryl methyl sites for hydroxylation is 1. The molecule has 2 aromatic rings. The Labute approximate surface area is 128 Å². The summed E-state index contributed by atoms with van der Waals surface area (Å²) in [4.78, 5) is 2.28. The van der Waals surface area contributed by atoms with E-state index < -0.39 is 0 Å². The molecule has 0 aliphatic heterocycles. The first-order valence-electron chi connectivity index (χ1n) is 7.69. The minimum atomic E-state index is 0.265. The van der Waals surface area contributed by atoms with Gasteiger partial charge in [-0.2, -0.15) is 0 Å². The molecule has 0 heterocycles. The standard InChI is InChI=1S/C19H26N2/c1-4-18(20)13-16-8-10-19(11-9-16)21(3)14-17-7-5-6-15(2)12-17/h5-12,18H,4,13-14,20H2,1-3H3. The van der Waals surface area contributed by atoms with Crippen molar-refractivity contribution >= 4 is 5.69 Å². The summed E-state index contributed by atoms with van der Waals surface area (Å²) < 4.78 is 0. The number of rotatable bonds is 6. The second-order valence-corrected chi connectivity index (χ2v) is 5.88. The molecule has 0 saturated carbocycles. The van der Waals surface area contributed by atoms with Crippen molar-refractivity contribution < 1.29 is 0 Å². The summed E-state index contributed by atoms with van der Waals surface area (Å²) in [5.41, 5.74) is 11.2. The van der Waals surface area contributed by atoms with Crippen molar-refractivity contribution in [3.8, 4) is 0 Å². The molecule has 0 amide bonds. The molecule has 0 radical (unpaired) electrons. The molecule has 2 aromatic carbocycles. The Morgan fingerprint density at radius 1 is 1.05 bits per heavy atom. The van der Waals surface area contributed by atoms with Gasteiger partial charge in [-0.25, -0.2) is 0 Å². The summed E-state index contributed by atoms with van der Waals surface area (Å²) in [6.07, 6.45) is 1.98. The van der Waals surface area contributed by atoms with Crippen LogP contribution in [0.2, 0.25) is 0 Å². The fourth-order valence-electron chi connectivity index (χ4n) is 2.51. The molecule has 0 aliphatic carbocycles. The highest BCUT2D eigenvalue weighted by Crippen LogP contribution is 2.18. The van der Waals surface area contributed by atoms with E-state index in [4.69, 9.17) is 5.73 Å². The van der Waals surface area contributed by atoms with Gasteiger partial charge in [0.05, 0.1) is 0 Å². The first kappa shape index (κ1) is 15.6. The van der Waals surface area contributed by atoms with E-state index in [0.717, 1.165) is 19.4 Å². The highest BCUT2D eigenvalue weighted by molar-refractivity contribution is 5.47. The molecule has 1 atom stereocenters. The van der Waals surface area contributed by atoms with Gasteiger partial charge >= 0.3 is 0 Å². The third-order valence-electron chi connectivity index (χ3n) is 3.90. The first-order chi connectivity index (χ1) is 10.1. The number of hydrogen-bond acceptors (Lipinski definition) is 2. The number of anilines is 1. The average molecular weight is 282 g/mol. The van der Waals surface area contributed by atoms with Gasteiger partial charge < -0.3 is 10.6 Å². The van der Waals surface area contributed by atoms with Crippen LogP contribution in [0.3, 0.4) is 0 Å². The maximum atomic E-state index is 6.01. The van der Waals surface area contributed by atoms with Crippen LogP contribution in [-0.4, -0.2) is 13.1 Å². The molecule has 2 nitrogen and oxygen atoms in total. The first-order valence-corrected chi connectivity index (χ1v) is 7.69. The Bertz CT molecular complexity index is 560. The Kier molecular flexibility index (Phi) is 5.40. The van der Waals surface area contributed by atoms with Gasteiger partial charge in [0.25, 0.3) is 0 Å². The lowest BCUT2D eigenvalue weighted by atomic mass is 10.0. The van der Waals surface area contributed by atoms with Crippen LogP contribution in [0.1, 0.15) is 30.0 Å². The zero-order chi connectivity index (χ0) is 15.2. The lowest BCUT2D eigenvalue weighted by Gasteiger charge is -2.20. The summed E-state index contributed by atoms with van der Waals surface area (Å²) in [6, 6.07) is 17.7. The predicted molar refractivity (Wildman–Crippen MR) is 91.7 cm³/mol. The monoisotopic (exact) mass is 282 g/mol. The van der Waals surface area contributed by atoms with Crippen LogP contribution in [0.15, 0.2) is 48.5 Å². The molecule has 1 unspecified atom stereocenters. The minimum Gasteiger partial charge on any atom is -0.370 e. The van der Waals surface area contributed by atoms with Gasteiger partial charge in [-0.05, 0) is 43.0 Å².